The molecule has 1 fully saturated rings. The number of H-pyrrole nitrogens is 1. The first-order chi connectivity index (χ1) is 15.7. The SMILES string of the molecule is O=C(O)[C@H](Cc1c[nH]c2ccccc12)NC(=O)[C@@H]1CCCN1S(=O)(=O)c1cc(Cl)cc(Cl)c1. The number of aliphatic carboxylic acids is 1. The van der Waals surface area contributed by atoms with Crippen molar-refractivity contribution in [1.29, 1.82) is 0 Å². The van der Waals surface area contributed by atoms with E-state index in [1.165, 1.54) is 18.2 Å². The van der Waals surface area contributed by atoms with Gasteiger partial charge in [-0.25, -0.2) is 13.2 Å². The summed E-state index contributed by atoms with van der Waals surface area (Å²) in [6, 6.07) is 9.15. The Morgan fingerprint density at radius 2 is 1.88 bits per heavy atom. The summed E-state index contributed by atoms with van der Waals surface area (Å²) in [7, 11) is -4.06. The number of hydrogen-bond acceptors (Lipinski definition) is 4. The highest BCUT2D eigenvalue weighted by molar-refractivity contribution is 7.89. The summed E-state index contributed by atoms with van der Waals surface area (Å²) >= 11 is 11.9. The Hall–Kier alpha value is -2.59. The van der Waals surface area contributed by atoms with Crippen LogP contribution in [0.25, 0.3) is 10.9 Å². The molecule has 2 aromatic carbocycles. The lowest BCUT2D eigenvalue weighted by Gasteiger charge is -2.25. The normalized spacial score (nSPS) is 17.8. The second-order valence-corrected chi connectivity index (χ2v) is 10.6. The molecule has 3 aromatic rings. The molecular weight excluding hydrogens is 489 g/mol. The zero-order chi connectivity index (χ0) is 23.8. The number of aromatic nitrogens is 1. The van der Waals surface area contributed by atoms with Gasteiger partial charge in [-0.3, -0.25) is 4.79 Å². The lowest BCUT2D eigenvalue weighted by atomic mass is 10.0. The topological polar surface area (TPSA) is 120 Å². The number of nitrogens with zero attached hydrogens (tertiary/aromatic N) is 1. The lowest BCUT2D eigenvalue weighted by molar-refractivity contribution is -0.142. The standard InChI is InChI=1S/C22H21Cl2N3O5S/c23-14-9-15(24)11-16(10-14)33(31,32)27-7-3-6-20(27)21(28)26-19(22(29)30)8-13-12-25-18-5-2-1-4-17(13)18/h1-2,4-5,9-12,19-20,25H,3,6-8H2,(H,26,28)(H,29,30)/t19-,20-/m0/s1. The quantitative estimate of drug-likeness (QED) is 0.450. The van der Waals surface area contributed by atoms with Gasteiger partial charge in [0.05, 0.1) is 4.90 Å². The molecule has 8 nitrogen and oxygen atoms in total. The van der Waals surface area contributed by atoms with E-state index in [1.54, 1.807) is 6.20 Å². The third-order valence-electron chi connectivity index (χ3n) is 5.66. The number of nitrogens with one attached hydrogen (secondary N) is 2. The van der Waals surface area contributed by atoms with E-state index in [4.69, 9.17) is 23.2 Å². The molecule has 33 heavy (non-hydrogen) atoms. The minimum absolute atomic E-state index is 0.0501. The molecule has 3 N–H and O–H groups in total. The van der Waals surface area contributed by atoms with E-state index in [0.717, 1.165) is 20.8 Å². The largest absolute Gasteiger partial charge is 0.480 e. The summed E-state index contributed by atoms with van der Waals surface area (Å²) in [5.74, 6) is -1.86. The van der Waals surface area contributed by atoms with Gasteiger partial charge in [0.1, 0.15) is 12.1 Å². The maximum absolute atomic E-state index is 13.2. The van der Waals surface area contributed by atoms with E-state index >= 15 is 0 Å². The van der Waals surface area contributed by atoms with Gasteiger partial charge < -0.3 is 15.4 Å². The number of carboxylic acid groups (broad SMARTS) is 1. The highest BCUT2D eigenvalue weighted by Crippen LogP contribution is 2.30. The second-order valence-electron chi connectivity index (χ2n) is 7.84. The van der Waals surface area contributed by atoms with Gasteiger partial charge in [-0.05, 0) is 42.7 Å². The zero-order valence-corrected chi connectivity index (χ0v) is 19.6. The van der Waals surface area contributed by atoms with Gasteiger partial charge in [-0.2, -0.15) is 4.31 Å². The number of carbonyl (C=O) groups is 2. The van der Waals surface area contributed by atoms with Crippen LogP contribution >= 0.6 is 23.2 Å². The van der Waals surface area contributed by atoms with Crippen LogP contribution in [0.5, 0.6) is 0 Å². The molecule has 0 spiro atoms. The van der Waals surface area contributed by atoms with Gasteiger partial charge in [0.25, 0.3) is 0 Å². The second kappa shape index (κ2) is 9.34. The molecule has 0 radical (unpaired) electrons. The van der Waals surface area contributed by atoms with Gasteiger partial charge in [0.15, 0.2) is 0 Å². The van der Waals surface area contributed by atoms with E-state index in [9.17, 15) is 23.1 Å². The molecule has 2 atom stereocenters. The highest BCUT2D eigenvalue weighted by atomic mass is 35.5. The van der Waals surface area contributed by atoms with Gasteiger partial charge in [0.2, 0.25) is 15.9 Å². The Balaban J connectivity index is 1.55. The van der Waals surface area contributed by atoms with E-state index in [0.29, 0.717) is 6.42 Å². The van der Waals surface area contributed by atoms with Crippen LogP contribution in [0.15, 0.2) is 53.6 Å². The van der Waals surface area contributed by atoms with Crippen molar-refractivity contribution >= 4 is 56.0 Å². The van der Waals surface area contributed by atoms with Gasteiger partial charge in [-0.1, -0.05) is 41.4 Å². The van der Waals surface area contributed by atoms with Crippen molar-refractivity contribution in [3.05, 3.63) is 64.3 Å². The fourth-order valence-corrected chi connectivity index (χ4v) is 6.47. The Kier molecular flexibility index (Phi) is 6.67. The number of para-hydroxylation sites is 1. The maximum atomic E-state index is 13.2. The molecule has 0 unspecified atom stereocenters. The average Bonchev–Trinajstić information content (AvgIpc) is 3.40. The summed E-state index contributed by atoms with van der Waals surface area (Å²) in [4.78, 5) is 27.9. The fraction of sp³-hybridized carbons (Fsp3) is 0.273. The number of carbonyl (C=O) groups excluding carboxylic acids is 1. The number of sulfonamides is 1. The third-order valence-corrected chi connectivity index (χ3v) is 7.98. The van der Waals surface area contributed by atoms with Gasteiger partial charge in [0, 0.05) is 40.1 Å². The average molecular weight is 510 g/mol. The van der Waals surface area contributed by atoms with Crippen LogP contribution in [0.1, 0.15) is 18.4 Å². The minimum Gasteiger partial charge on any atom is -0.480 e. The number of benzene rings is 2. The molecule has 1 aliphatic heterocycles. The Bertz CT molecular complexity index is 1300. The number of amides is 1. The lowest BCUT2D eigenvalue weighted by Crippen LogP contribution is -2.51. The molecular formula is C22H21Cl2N3O5S. The minimum atomic E-state index is -4.06. The summed E-state index contributed by atoms with van der Waals surface area (Å²) in [6.45, 7) is 0.130. The van der Waals surface area contributed by atoms with Crippen LogP contribution in [0.2, 0.25) is 10.0 Å². The van der Waals surface area contributed by atoms with E-state index in [-0.39, 0.29) is 34.3 Å². The van der Waals surface area contributed by atoms with Gasteiger partial charge in [-0.15, -0.1) is 0 Å². The number of hydrogen-bond donors (Lipinski definition) is 3. The number of rotatable bonds is 7. The first-order valence-corrected chi connectivity index (χ1v) is 12.4. The first kappa shape index (κ1) is 23.6. The number of fused-ring (bicyclic) bond motifs is 1. The van der Waals surface area contributed by atoms with Crippen LogP contribution in [0.4, 0.5) is 0 Å². The van der Waals surface area contributed by atoms with Crippen LogP contribution in [0, 0.1) is 0 Å². The Morgan fingerprint density at radius 1 is 1.18 bits per heavy atom. The van der Waals surface area contributed by atoms with Crippen molar-refractivity contribution in [2.75, 3.05) is 6.54 Å². The molecule has 1 aliphatic rings. The molecule has 1 aromatic heterocycles. The predicted molar refractivity (Wildman–Crippen MR) is 125 cm³/mol. The smallest absolute Gasteiger partial charge is 0.326 e. The van der Waals surface area contributed by atoms with E-state index in [1.807, 2.05) is 24.3 Å². The van der Waals surface area contributed by atoms with Crippen molar-refractivity contribution in [3.8, 4) is 0 Å². The zero-order valence-electron chi connectivity index (χ0n) is 17.3. The summed E-state index contributed by atoms with van der Waals surface area (Å²) in [5, 5.41) is 13.4. The third kappa shape index (κ3) is 4.86. The van der Waals surface area contributed by atoms with Crippen molar-refractivity contribution in [1.82, 2.24) is 14.6 Å². The molecule has 0 aliphatic carbocycles. The molecule has 1 amide bonds. The highest BCUT2D eigenvalue weighted by Gasteiger charge is 2.40. The van der Waals surface area contributed by atoms with E-state index < -0.39 is 34.0 Å². The molecule has 0 bridgehead atoms. The molecule has 2 heterocycles. The van der Waals surface area contributed by atoms with Crippen molar-refractivity contribution in [2.24, 2.45) is 0 Å². The van der Waals surface area contributed by atoms with Crippen LogP contribution in [0.3, 0.4) is 0 Å². The first-order valence-electron chi connectivity index (χ1n) is 10.2. The molecule has 11 heteroatoms. The van der Waals surface area contributed by atoms with Crippen LogP contribution in [-0.2, 0) is 26.0 Å². The number of aromatic amines is 1. The molecule has 0 saturated carbocycles. The molecule has 4 rings (SSSR count). The summed E-state index contributed by atoms with van der Waals surface area (Å²) in [6.07, 6.45) is 2.50. The molecule has 174 valence electrons. The summed E-state index contributed by atoms with van der Waals surface area (Å²) < 4.78 is 27.4. The number of halogens is 2. The monoisotopic (exact) mass is 509 g/mol. The van der Waals surface area contributed by atoms with Crippen molar-refractivity contribution < 1.29 is 23.1 Å². The van der Waals surface area contributed by atoms with Crippen LogP contribution < -0.4 is 5.32 Å². The van der Waals surface area contributed by atoms with Crippen LogP contribution in [-0.4, -0.2) is 53.3 Å². The maximum Gasteiger partial charge on any atom is 0.326 e. The van der Waals surface area contributed by atoms with Crippen molar-refractivity contribution in [3.63, 3.8) is 0 Å². The van der Waals surface area contributed by atoms with E-state index in [2.05, 4.69) is 10.3 Å². The number of carboxylic acids is 1. The van der Waals surface area contributed by atoms with Gasteiger partial charge >= 0.3 is 5.97 Å². The fourth-order valence-electron chi connectivity index (χ4n) is 4.09. The summed E-state index contributed by atoms with van der Waals surface area (Å²) in [5.41, 5.74) is 1.60. The molecule has 1 saturated heterocycles. The Morgan fingerprint density at radius 3 is 2.58 bits per heavy atom. The van der Waals surface area contributed by atoms with Crippen molar-refractivity contribution in [2.45, 2.75) is 36.2 Å². The predicted octanol–water partition coefficient (Wildman–Crippen LogP) is 3.44. The Labute approximate surface area is 200 Å².